The molecule has 0 bridgehead atoms. The molecule has 0 aliphatic carbocycles. The van der Waals surface area contributed by atoms with Crippen molar-refractivity contribution in [3.05, 3.63) is 29.8 Å². The Morgan fingerprint density at radius 2 is 2.11 bits per heavy atom. The van der Waals surface area contributed by atoms with Crippen LogP contribution < -0.4 is 15.4 Å². The highest BCUT2D eigenvalue weighted by Crippen LogP contribution is 2.19. The van der Waals surface area contributed by atoms with Gasteiger partial charge >= 0.3 is 0 Å². The van der Waals surface area contributed by atoms with E-state index in [-0.39, 0.29) is 0 Å². The number of hydrogen-bond acceptors (Lipinski definition) is 3. The predicted molar refractivity (Wildman–Crippen MR) is 106 cm³/mol. The molecule has 1 aliphatic heterocycles. The lowest BCUT2D eigenvalue weighted by Crippen LogP contribution is -2.46. The number of likely N-dealkylation sites (tertiary alicyclic amines) is 1. The van der Waals surface area contributed by atoms with Gasteiger partial charge in [0.2, 0.25) is 0 Å². The van der Waals surface area contributed by atoms with Crippen LogP contribution in [0.5, 0.6) is 5.75 Å². The van der Waals surface area contributed by atoms with Gasteiger partial charge in [0.1, 0.15) is 12.4 Å². The third-order valence-electron chi connectivity index (χ3n) is 4.73. The maximum Gasteiger partial charge on any atom is 0.272 e. The van der Waals surface area contributed by atoms with Crippen LogP contribution >= 0.6 is 0 Å². The number of nitrogens with one attached hydrogen (secondary N) is 2. The number of guanidine groups is 1. The van der Waals surface area contributed by atoms with E-state index < -0.39 is 13.0 Å². The van der Waals surface area contributed by atoms with Crippen molar-refractivity contribution in [2.45, 2.75) is 52.7 Å². The number of benzene rings is 1. The van der Waals surface area contributed by atoms with E-state index >= 15 is 0 Å². The maximum atomic E-state index is 12.3. The second-order valence-corrected chi connectivity index (χ2v) is 7.32. The summed E-state index contributed by atoms with van der Waals surface area (Å²) in [5.41, 5.74) is 0.919. The highest BCUT2D eigenvalue weighted by atomic mass is 19.3. The summed E-state index contributed by atoms with van der Waals surface area (Å²) in [6.45, 7) is 11.5. The van der Waals surface area contributed by atoms with Gasteiger partial charge in [-0.25, -0.2) is 13.8 Å². The molecular formula is C20H32F2N4O. The molecule has 2 unspecified atom stereocenters. The minimum absolute atomic E-state index is 0.353. The van der Waals surface area contributed by atoms with Gasteiger partial charge in [0.15, 0.2) is 5.96 Å². The Morgan fingerprint density at radius 1 is 1.33 bits per heavy atom. The molecule has 1 aromatic carbocycles. The minimum atomic E-state index is -2.48. The van der Waals surface area contributed by atoms with E-state index in [1.807, 2.05) is 13.0 Å². The smallest absolute Gasteiger partial charge is 0.272 e. The van der Waals surface area contributed by atoms with Crippen LogP contribution in [-0.4, -0.2) is 55.6 Å². The molecule has 2 N–H and O–H groups in total. The summed E-state index contributed by atoms with van der Waals surface area (Å²) in [4.78, 5) is 7.13. The Morgan fingerprint density at radius 3 is 2.74 bits per heavy atom. The topological polar surface area (TPSA) is 48.9 Å². The molecule has 0 spiro atoms. The van der Waals surface area contributed by atoms with Gasteiger partial charge in [-0.2, -0.15) is 0 Å². The molecule has 1 aliphatic rings. The van der Waals surface area contributed by atoms with Gasteiger partial charge in [-0.15, -0.1) is 0 Å². The van der Waals surface area contributed by atoms with Gasteiger partial charge < -0.3 is 15.4 Å². The fourth-order valence-electron chi connectivity index (χ4n) is 3.17. The minimum Gasteiger partial charge on any atom is -0.488 e. The second kappa shape index (κ2) is 10.4. The van der Waals surface area contributed by atoms with Gasteiger partial charge in [-0.1, -0.05) is 19.1 Å². The number of alkyl halides is 2. The van der Waals surface area contributed by atoms with E-state index in [4.69, 9.17) is 4.74 Å². The lowest BCUT2D eigenvalue weighted by atomic mass is 10.1. The Labute approximate surface area is 161 Å². The number of hydrogen-bond donors (Lipinski definition) is 2. The molecule has 1 saturated heterocycles. The zero-order chi connectivity index (χ0) is 19.8. The van der Waals surface area contributed by atoms with Crippen LogP contribution in [0.15, 0.2) is 29.3 Å². The Hall–Kier alpha value is -1.89. The van der Waals surface area contributed by atoms with Crippen molar-refractivity contribution < 1.29 is 13.5 Å². The van der Waals surface area contributed by atoms with E-state index in [0.29, 0.717) is 30.3 Å². The molecule has 0 aromatic heterocycles. The number of aliphatic imine (C=N–C) groups is 1. The van der Waals surface area contributed by atoms with Crippen LogP contribution in [0.1, 0.15) is 33.3 Å². The van der Waals surface area contributed by atoms with Crippen LogP contribution in [0, 0.1) is 5.92 Å². The standard InChI is InChI=1S/C20H32F2N4O/c1-5-23-20(25-18-12-26(14(2)3)11-15(18)4)24-10-16-7-6-8-17(9-16)27-13-19(21)22/h6-9,14-15,18-19H,5,10-13H2,1-4H3,(H2,23,24,25). The zero-order valence-electron chi connectivity index (χ0n) is 16.7. The van der Waals surface area contributed by atoms with E-state index in [1.165, 1.54) is 0 Å². The number of ether oxygens (including phenoxy) is 1. The summed E-state index contributed by atoms with van der Waals surface area (Å²) in [6, 6.07) is 8.04. The van der Waals surface area contributed by atoms with E-state index in [9.17, 15) is 8.78 Å². The predicted octanol–water partition coefficient (Wildman–Crippen LogP) is 3.11. The van der Waals surface area contributed by atoms with Gasteiger partial charge in [0.25, 0.3) is 6.43 Å². The molecule has 5 nitrogen and oxygen atoms in total. The summed E-state index contributed by atoms with van der Waals surface area (Å²) in [7, 11) is 0. The van der Waals surface area contributed by atoms with Gasteiger partial charge in [-0.05, 0) is 44.4 Å². The second-order valence-electron chi connectivity index (χ2n) is 7.32. The van der Waals surface area contributed by atoms with Gasteiger partial charge in [0, 0.05) is 31.7 Å². The third-order valence-corrected chi connectivity index (χ3v) is 4.73. The summed E-state index contributed by atoms with van der Waals surface area (Å²) in [5.74, 6) is 1.76. The van der Waals surface area contributed by atoms with Crippen molar-refractivity contribution in [3.8, 4) is 5.75 Å². The molecule has 1 heterocycles. The van der Waals surface area contributed by atoms with E-state index in [2.05, 4.69) is 41.3 Å². The monoisotopic (exact) mass is 382 g/mol. The normalized spacial score (nSPS) is 21.1. The first-order valence-corrected chi connectivity index (χ1v) is 9.67. The van der Waals surface area contributed by atoms with Crippen molar-refractivity contribution in [2.75, 3.05) is 26.2 Å². The number of rotatable bonds is 8. The molecule has 1 aromatic rings. The van der Waals surface area contributed by atoms with Crippen LogP contribution in [0.2, 0.25) is 0 Å². The fraction of sp³-hybridized carbons (Fsp3) is 0.650. The van der Waals surface area contributed by atoms with Crippen LogP contribution in [0.25, 0.3) is 0 Å². The van der Waals surface area contributed by atoms with E-state index in [1.54, 1.807) is 18.2 Å². The average molecular weight is 382 g/mol. The molecule has 2 rings (SSSR count). The van der Waals surface area contributed by atoms with Crippen molar-refractivity contribution in [1.82, 2.24) is 15.5 Å². The highest BCUT2D eigenvalue weighted by molar-refractivity contribution is 5.80. The zero-order valence-corrected chi connectivity index (χ0v) is 16.7. The van der Waals surface area contributed by atoms with Gasteiger partial charge in [0.05, 0.1) is 6.54 Å². The summed E-state index contributed by atoms with van der Waals surface area (Å²) in [5, 5.41) is 6.83. The van der Waals surface area contributed by atoms with Crippen molar-refractivity contribution in [3.63, 3.8) is 0 Å². The SMILES string of the molecule is CCNC(=NCc1cccc(OCC(F)F)c1)NC1CN(C(C)C)CC1C. The molecule has 0 radical (unpaired) electrons. The third kappa shape index (κ3) is 6.97. The molecular weight excluding hydrogens is 350 g/mol. The average Bonchev–Trinajstić information content (AvgIpc) is 2.99. The highest BCUT2D eigenvalue weighted by Gasteiger charge is 2.31. The largest absolute Gasteiger partial charge is 0.488 e. The lowest BCUT2D eigenvalue weighted by molar-refractivity contribution is 0.0818. The summed E-state index contributed by atoms with van der Waals surface area (Å²) >= 11 is 0. The Balaban J connectivity index is 1.98. The van der Waals surface area contributed by atoms with E-state index in [0.717, 1.165) is 31.2 Å². The number of halogens is 2. The summed E-state index contributed by atoms with van der Waals surface area (Å²) < 4.78 is 29.7. The molecule has 27 heavy (non-hydrogen) atoms. The molecule has 7 heteroatoms. The van der Waals surface area contributed by atoms with Crippen LogP contribution in [-0.2, 0) is 6.54 Å². The van der Waals surface area contributed by atoms with Crippen molar-refractivity contribution in [1.29, 1.82) is 0 Å². The number of nitrogens with zero attached hydrogens (tertiary/aromatic N) is 2. The Bertz CT molecular complexity index is 609. The fourth-order valence-corrected chi connectivity index (χ4v) is 3.17. The van der Waals surface area contributed by atoms with Gasteiger partial charge in [-0.3, -0.25) is 4.90 Å². The first kappa shape index (κ1) is 21.4. The molecule has 1 fully saturated rings. The van der Waals surface area contributed by atoms with Crippen LogP contribution in [0.3, 0.4) is 0 Å². The van der Waals surface area contributed by atoms with Crippen molar-refractivity contribution >= 4 is 5.96 Å². The first-order chi connectivity index (χ1) is 12.9. The molecule has 152 valence electrons. The quantitative estimate of drug-likeness (QED) is 0.536. The Kier molecular flexibility index (Phi) is 8.28. The molecule has 2 atom stereocenters. The van der Waals surface area contributed by atoms with Crippen LogP contribution in [0.4, 0.5) is 8.78 Å². The van der Waals surface area contributed by atoms with Crippen molar-refractivity contribution in [2.24, 2.45) is 10.9 Å². The maximum absolute atomic E-state index is 12.3. The molecule has 0 amide bonds. The molecule has 0 saturated carbocycles. The lowest BCUT2D eigenvalue weighted by Gasteiger charge is -2.22. The summed E-state index contributed by atoms with van der Waals surface area (Å²) in [6.07, 6.45) is -2.48. The first-order valence-electron chi connectivity index (χ1n) is 9.67.